The summed E-state index contributed by atoms with van der Waals surface area (Å²) < 4.78 is 0. The van der Waals surface area contributed by atoms with Gasteiger partial charge in [-0.05, 0) is 50.6 Å². The van der Waals surface area contributed by atoms with Crippen molar-refractivity contribution in [3.63, 3.8) is 0 Å². The number of hydrogen-bond donors (Lipinski definition) is 1. The number of nitrogens with one attached hydrogen (secondary N) is 1. The first-order valence-electron chi connectivity index (χ1n) is 7.23. The fourth-order valence-electron chi connectivity index (χ4n) is 3.66. The van der Waals surface area contributed by atoms with Crippen LogP contribution in [0.2, 0.25) is 0 Å². The van der Waals surface area contributed by atoms with Gasteiger partial charge in [0.15, 0.2) is 0 Å². The van der Waals surface area contributed by atoms with Gasteiger partial charge in [0.25, 0.3) is 0 Å². The van der Waals surface area contributed by atoms with Crippen LogP contribution < -0.4 is 0 Å². The minimum atomic E-state index is 0.562. The maximum Gasteiger partial charge on any atom is 0.137 e. The molecule has 0 amide bonds. The number of rotatable bonds is 2. The van der Waals surface area contributed by atoms with E-state index < -0.39 is 0 Å². The maximum atomic E-state index is 4.30. The van der Waals surface area contributed by atoms with Crippen molar-refractivity contribution >= 4 is 0 Å². The Morgan fingerprint density at radius 3 is 2.61 bits per heavy atom. The van der Waals surface area contributed by atoms with E-state index in [1.807, 2.05) is 0 Å². The summed E-state index contributed by atoms with van der Waals surface area (Å²) in [5, 5.41) is 6.99. The molecule has 1 unspecified atom stereocenters. The summed E-state index contributed by atoms with van der Waals surface area (Å²) in [4.78, 5) is 7.01. The molecule has 100 valence electrons. The first-order chi connectivity index (χ1) is 8.64. The molecule has 1 N–H and O–H groups in total. The number of aromatic nitrogens is 3. The lowest BCUT2D eigenvalue weighted by molar-refractivity contribution is 0.144. The van der Waals surface area contributed by atoms with Gasteiger partial charge in [0.1, 0.15) is 12.2 Å². The summed E-state index contributed by atoms with van der Waals surface area (Å²) in [6.45, 7) is 7.28. The van der Waals surface area contributed by atoms with E-state index in [4.69, 9.17) is 0 Å². The SMILES string of the molecule is CC1(C)CCC(N2CCC(c3ncn[nH]3)CC2)C1. The molecule has 4 heteroatoms. The number of piperidine rings is 1. The van der Waals surface area contributed by atoms with Crippen molar-refractivity contribution in [2.24, 2.45) is 5.41 Å². The number of likely N-dealkylation sites (tertiary alicyclic amines) is 1. The molecule has 0 spiro atoms. The van der Waals surface area contributed by atoms with Gasteiger partial charge < -0.3 is 4.90 Å². The molecule has 18 heavy (non-hydrogen) atoms. The van der Waals surface area contributed by atoms with Gasteiger partial charge in [0, 0.05) is 12.0 Å². The van der Waals surface area contributed by atoms with E-state index in [1.54, 1.807) is 6.33 Å². The largest absolute Gasteiger partial charge is 0.300 e. The molecule has 1 saturated carbocycles. The predicted octanol–water partition coefficient (Wildman–Crippen LogP) is 2.56. The van der Waals surface area contributed by atoms with E-state index in [0.29, 0.717) is 11.3 Å². The molecular weight excluding hydrogens is 224 g/mol. The third-order valence-electron chi connectivity index (χ3n) is 4.81. The Bertz CT molecular complexity index is 377. The molecule has 0 radical (unpaired) electrons. The normalized spacial score (nSPS) is 29.8. The van der Waals surface area contributed by atoms with Crippen molar-refractivity contribution < 1.29 is 0 Å². The second-order valence-electron chi connectivity index (χ2n) is 6.74. The predicted molar refractivity (Wildman–Crippen MR) is 71.4 cm³/mol. The van der Waals surface area contributed by atoms with Crippen molar-refractivity contribution in [3.8, 4) is 0 Å². The fourth-order valence-corrected chi connectivity index (χ4v) is 3.66. The van der Waals surface area contributed by atoms with E-state index in [2.05, 4.69) is 33.9 Å². The van der Waals surface area contributed by atoms with E-state index in [-0.39, 0.29) is 0 Å². The van der Waals surface area contributed by atoms with Crippen LogP contribution in [0.5, 0.6) is 0 Å². The molecule has 1 aliphatic heterocycles. The smallest absolute Gasteiger partial charge is 0.137 e. The fraction of sp³-hybridized carbons (Fsp3) is 0.857. The highest BCUT2D eigenvalue weighted by Gasteiger charge is 2.35. The van der Waals surface area contributed by atoms with Gasteiger partial charge in [-0.15, -0.1) is 0 Å². The summed E-state index contributed by atoms with van der Waals surface area (Å²) >= 11 is 0. The average molecular weight is 248 g/mol. The summed E-state index contributed by atoms with van der Waals surface area (Å²) in [6.07, 6.45) is 8.24. The van der Waals surface area contributed by atoms with Crippen molar-refractivity contribution in [3.05, 3.63) is 12.2 Å². The Labute approximate surface area is 109 Å². The Morgan fingerprint density at radius 1 is 1.28 bits per heavy atom. The minimum absolute atomic E-state index is 0.562. The van der Waals surface area contributed by atoms with E-state index >= 15 is 0 Å². The Hall–Kier alpha value is -0.900. The number of aromatic amines is 1. The van der Waals surface area contributed by atoms with Crippen LogP contribution in [0.4, 0.5) is 0 Å². The van der Waals surface area contributed by atoms with Gasteiger partial charge in [-0.1, -0.05) is 13.8 Å². The molecule has 0 aromatic carbocycles. The molecule has 0 bridgehead atoms. The molecule has 2 heterocycles. The van der Waals surface area contributed by atoms with Crippen molar-refractivity contribution in [1.82, 2.24) is 20.1 Å². The molecule has 4 nitrogen and oxygen atoms in total. The third kappa shape index (κ3) is 2.44. The molecular formula is C14H24N4. The zero-order valence-electron chi connectivity index (χ0n) is 11.5. The number of H-pyrrole nitrogens is 1. The summed E-state index contributed by atoms with van der Waals surface area (Å²) in [5.74, 6) is 1.68. The highest BCUT2D eigenvalue weighted by Crippen LogP contribution is 2.40. The van der Waals surface area contributed by atoms with E-state index in [1.165, 1.54) is 45.2 Å². The highest BCUT2D eigenvalue weighted by molar-refractivity contribution is 4.98. The Balaban J connectivity index is 1.54. The lowest BCUT2D eigenvalue weighted by Crippen LogP contribution is -2.40. The van der Waals surface area contributed by atoms with Gasteiger partial charge in [0.2, 0.25) is 0 Å². The molecule has 2 fully saturated rings. The maximum absolute atomic E-state index is 4.30. The molecule has 1 aromatic rings. The molecule has 2 aliphatic rings. The lowest BCUT2D eigenvalue weighted by atomic mass is 9.90. The van der Waals surface area contributed by atoms with E-state index in [0.717, 1.165) is 11.9 Å². The molecule has 1 saturated heterocycles. The zero-order valence-corrected chi connectivity index (χ0v) is 11.5. The van der Waals surface area contributed by atoms with Crippen LogP contribution in [-0.4, -0.2) is 39.2 Å². The minimum Gasteiger partial charge on any atom is -0.300 e. The average Bonchev–Trinajstić information content (AvgIpc) is 2.98. The van der Waals surface area contributed by atoms with Crippen LogP contribution in [0.25, 0.3) is 0 Å². The van der Waals surface area contributed by atoms with Crippen LogP contribution in [0, 0.1) is 5.41 Å². The Morgan fingerprint density at radius 2 is 2.06 bits per heavy atom. The summed E-state index contributed by atoms with van der Waals surface area (Å²) in [6, 6.07) is 0.829. The van der Waals surface area contributed by atoms with Crippen LogP contribution in [0.15, 0.2) is 6.33 Å². The standard InChI is InChI=1S/C14H24N4/c1-14(2)6-3-12(9-14)18-7-4-11(5-8-18)13-15-10-16-17-13/h10-12H,3-9H2,1-2H3,(H,15,16,17). The number of nitrogens with zero attached hydrogens (tertiary/aromatic N) is 3. The molecule has 1 aliphatic carbocycles. The second kappa shape index (κ2) is 4.65. The second-order valence-corrected chi connectivity index (χ2v) is 6.74. The molecule has 1 atom stereocenters. The van der Waals surface area contributed by atoms with Gasteiger partial charge in [-0.3, -0.25) is 5.10 Å². The van der Waals surface area contributed by atoms with Crippen LogP contribution >= 0.6 is 0 Å². The monoisotopic (exact) mass is 248 g/mol. The zero-order chi connectivity index (χ0) is 12.6. The first-order valence-corrected chi connectivity index (χ1v) is 7.23. The van der Waals surface area contributed by atoms with Gasteiger partial charge >= 0.3 is 0 Å². The highest BCUT2D eigenvalue weighted by atomic mass is 15.2. The van der Waals surface area contributed by atoms with Crippen LogP contribution in [0.3, 0.4) is 0 Å². The van der Waals surface area contributed by atoms with Crippen molar-refractivity contribution in [1.29, 1.82) is 0 Å². The van der Waals surface area contributed by atoms with Crippen LogP contribution in [0.1, 0.15) is 57.7 Å². The van der Waals surface area contributed by atoms with Gasteiger partial charge in [-0.2, -0.15) is 5.10 Å². The first kappa shape index (κ1) is 12.2. The van der Waals surface area contributed by atoms with Crippen LogP contribution in [-0.2, 0) is 0 Å². The summed E-state index contributed by atoms with van der Waals surface area (Å²) in [5.41, 5.74) is 0.562. The Kier molecular flexibility index (Phi) is 3.14. The molecule has 3 rings (SSSR count). The summed E-state index contributed by atoms with van der Waals surface area (Å²) in [7, 11) is 0. The van der Waals surface area contributed by atoms with E-state index in [9.17, 15) is 0 Å². The third-order valence-corrected chi connectivity index (χ3v) is 4.81. The quantitative estimate of drug-likeness (QED) is 0.875. The van der Waals surface area contributed by atoms with Crippen molar-refractivity contribution in [2.75, 3.05) is 13.1 Å². The number of hydrogen-bond acceptors (Lipinski definition) is 3. The van der Waals surface area contributed by atoms with Crippen molar-refractivity contribution in [2.45, 2.75) is 57.9 Å². The van der Waals surface area contributed by atoms with Gasteiger partial charge in [0.05, 0.1) is 0 Å². The molecule has 1 aromatic heterocycles. The topological polar surface area (TPSA) is 44.8 Å². The van der Waals surface area contributed by atoms with Gasteiger partial charge in [-0.25, -0.2) is 4.98 Å². The lowest BCUT2D eigenvalue weighted by Gasteiger charge is -2.35.